The van der Waals surface area contributed by atoms with Gasteiger partial charge in [-0.3, -0.25) is 9.59 Å². The van der Waals surface area contributed by atoms with Gasteiger partial charge in [-0.1, -0.05) is 41.9 Å². The molecule has 2 amide bonds. The average Bonchev–Trinajstić information content (AvgIpc) is 3.07. The molecule has 1 fully saturated rings. The van der Waals surface area contributed by atoms with E-state index in [1.165, 1.54) is 24.3 Å². The maximum atomic E-state index is 12.3. The molecule has 2 aromatic carbocycles. The second-order valence-electron chi connectivity index (χ2n) is 6.80. The Kier molecular flexibility index (Phi) is 6.89. The summed E-state index contributed by atoms with van der Waals surface area (Å²) in [5.41, 5.74) is 1.01. The van der Waals surface area contributed by atoms with Gasteiger partial charge in [-0.05, 0) is 29.8 Å². The number of carbonyl (C=O) groups excluding carboxylic acids is 2. The molecule has 2 aromatic rings. The van der Waals surface area contributed by atoms with Gasteiger partial charge in [0.1, 0.15) is 0 Å². The number of carbonyl (C=O) groups is 2. The first-order valence-corrected chi connectivity index (χ1v) is 11.1. The van der Waals surface area contributed by atoms with Crippen LogP contribution in [0, 0.1) is 5.92 Å². The van der Waals surface area contributed by atoms with E-state index in [4.69, 9.17) is 11.6 Å². The van der Waals surface area contributed by atoms with Crippen LogP contribution in [0.4, 0.5) is 0 Å². The van der Waals surface area contributed by atoms with Crippen molar-refractivity contribution < 1.29 is 18.0 Å². The molecule has 0 bridgehead atoms. The maximum absolute atomic E-state index is 12.3. The summed E-state index contributed by atoms with van der Waals surface area (Å²) in [7, 11) is -3.67. The number of nitrogens with zero attached hydrogens (tertiary/aromatic N) is 1. The van der Waals surface area contributed by atoms with Gasteiger partial charge in [-0.2, -0.15) is 0 Å². The van der Waals surface area contributed by atoms with Crippen molar-refractivity contribution in [1.82, 2.24) is 14.9 Å². The molecule has 1 aliphatic rings. The van der Waals surface area contributed by atoms with E-state index >= 15 is 0 Å². The zero-order valence-corrected chi connectivity index (χ0v) is 17.2. The highest BCUT2D eigenvalue weighted by Gasteiger charge is 2.34. The molecule has 1 aliphatic heterocycles. The van der Waals surface area contributed by atoms with Crippen molar-refractivity contribution in [2.45, 2.75) is 17.9 Å². The number of benzene rings is 2. The number of halogens is 1. The van der Waals surface area contributed by atoms with Gasteiger partial charge in [0, 0.05) is 37.6 Å². The third-order valence-corrected chi connectivity index (χ3v) is 6.37. The molecule has 29 heavy (non-hydrogen) atoms. The molecule has 0 radical (unpaired) electrons. The topological polar surface area (TPSA) is 95.6 Å². The number of likely N-dealkylation sites (tertiary alicyclic amines) is 1. The van der Waals surface area contributed by atoms with Crippen LogP contribution in [-0.2, 0) is 26.2 Å². The second-order valence-corrected chi connectivity index (χ2v) is 9.01. The van der Waals surface area contributed by atoms with Gasteiger partial charge < -0.3 is 10.2 Å². The van der Waals surface area contributed by atoms with E-state index < -0.39 is 15.9 Å². The second kappa shape index (κ2) is 9.39. The summed E-state index contributed by atoms with van der Waals surface area (Å²) in [4.78, 5) is 26.3. The van der Waals surface area contributed by atoms with Crippen molar-refractivity contribution in [3.8, 4) is 0 Å². The number of hydrogen-bond acceptors (Lipinski definition) is 4. The average molecular weight is 436 g/mol. The van der Waals surface area contributed by atoms with Crippen LogP contribution in [0.25, 0.3) is 0 Å². The Hall–Kier alpha value is -2.42. The minimum absolute atomic E-state index is 0.0467. The Labute approximate surface area is 175 Å². The summed E-state index contributed by atoms with van der Waals surface area (Å²) in [6, 6.07) is 15.4. The van der Waals surface area contributed by atoms with Crippen molar-refractivity contribution in [3.63, 3.8) is 0 Å². The lowest BCUT2D eigenvalue weighted by molar-refractivity contribution is -0.129. The van der Waals surface area contributed by atoms with E-state index in [1.54, 1.807) is 4.90 Å². The molecule has 2 N–H and O–H groups in total. The fourth-order valence-electron chi connectivity index (χ4n) is 3.12. The van der Waals surface area contributed by atoms with Crippen molar-refractivity contribution in [2.24, 2.45) is 5.92 Å². The number of nitrogens with one attached hydrogen (secondary N) is 2. The largest absolute Gasteiger partial charge is 0.354 e. The molecule has 1 atom stereocenters. The lowest BCUT2D eigenvalue weighted by Gasteiger charge is -2.16. The number of sulfonamides is 1. The van der Waals surface area contributed by atoms with Crippen LogP contribution in [-0.4, -0.2) is 44.8 Å². The Morgan fingerprint density at radius 2 is 1.76 bits per heavy atom. The summed E-state index contributed by atoms with van der Waals surface area (Å²) in [5.74, 6) is -0.740. The summed E-state index contributed by atoms with van der Waals surface area (Å²) in [6.07, 6.45) is 0.162. The lowest BCUT2D eigenvalue weighted by atomic mass is 10.1. The molecule has 0 aliphatic carbocycles. The summed E-state index contributed by atoms with van der Waals surface area (Å²) in [5, 5.41) is 3.14. The van der Waals surface area contributed by atoms with Gasteiger partial charge in [0.15, 0.2) is 0 Å². The zero-order chi connectivity index (χ0) is 20.9. The van der Waals surface area contributed by atoms with Crippen LogP contribution >= 0.6 is 11.6 Å². The van der Waals surface area contributed by atoms with E-state index in [0.717, 1.165) is 5.56 Å². The van der Waals surface area contributed by atoms with Gasteiger partial charge in [-0.15, -0.1) is 0 Å². The monoisotopic (exact) mass is 435 g/mol. The van der Waals surface area contributed by atoms with E-state index in [2.05, 4.69) is 10.0 Å². The third kappa shape index (κ3) is 5.79. The number of hydrogen-bond donors (Lipinski definition) is 2. The Balaban J connectivity index is 1.44. The van der Waals surface area contributed by atoms with E-state index in [9.17, 15) is 18.0 Å². The Morgan fingerprint density at radius 1 is 1.07 bits per heavy atom. The predicted molar refractivity (Wildman–Crippen MR) is 110 cm³/mol. The standard InChI is InChI=1S/C20H22ClN3O4S/c21-17-6-8-18(9-7-17)29(27,28)23-11-10-22-20(26)16-12-19(25)24(14-16)13-15-4-2-1-3-5-15/h1-9,16,23H,10-14H2,(H,22,26)/t16-/m1/s1. The first-order chi connectivity index (χ1) is 13.8. The molecule has 0 unspecified atom stereocenters. The Bertz CT molecular complexity index is 965. The van der Waals surface area contributed by atoms with Crippen molar-refractivity contribution in [1.29, 1.82) is 0 Å². The van der Waals surface area contributed by atoms with Gasteiger partial charge >= 0.3 is 0 Å². The molecular weight excluding hydrogens is 414 g/mol. The fraction of sp³-hybridized carbons (Fsp3) is 0.300. The third-order valence-electron chi connectivity index (χ3n) is 4.64. The quantitative estimate of drug-likeness (QED) is 0.618. The van der Waals surface area contributed by atoms with Crippen LogP contribution < -0.4 is 10.0 Å². The van der Waals surface area contributed by atoms with Crippen LogP contribution in [0.5, 0.6) is 0 Å². The van der Waals surface area contributed by atoms with Gasteiger partial charge in [-0.25, -0.2) is 13.1 Å². The maximum Gasteiger partial charge on any atom is 0.240 e. The SMILES string of the molecule is O=C(NCCNS(=O)(=O)c1ccc(Cl)cc1)[C@@H]1CC(=O)N(Cc2ccccc2)C1. The lowest BCUT2D eigenvalue weighted by Crippen LogP contribution is -2.38. The molecule has 0 aromatic heterocycles. The van der Waals surface area contributed by atoms with E-state index in [-0.39, 0.29) is 36.2 Å². The first-order valence-electron chi connectivity index (χ1n) is 9.20. The van der Waals surface area contributed by atoms with E-state index in [1.807, 2.05) is 30.3 Å². The summed E-state index contributed by atoms with van der Waals surface area (Å²) in [6.45, 7) is 1.01. The normalized spacial score (nSPS) is 16.8. The van der Waals surface area contributed by atoms with Crippen LogP contribution in [0.1, 0.15) is 12.0 Å². The zero-order valence-electron chi connectivity index (χ0n) is 15.7. The summed E-state index contributed by atoms with van der Waals surface area (Å²) < 4.78 is 26.8. The van der Waals surface area contributed by atoms with Gasteiger partial charge in [0.25, 0.3) is 0 Å². The molecule has 7 nitrogen and oxygen atoms in total. The molecule has 9 heteroatoms. The molecule has 3 rings (SSSR count). The Morgan fingerprint density at radius 3 is 2.45 bits per heavy atom. The molecule has 1 saturated heterocycles. The van der Waals surface area contributed by atoms with Crippen molar-refractivity contribution in [2.75, 3.05) is 19.6 Å². The minimum atomic E-state index is -3.67. The fourth-order valence-corrected chi connectivity index (χ4v) is 4.27. The highest BCUT2D eigenvalue weighted by Crippen LogP contribution is 2.20. The summed E-state index contributed by atoms with van der Waals surface area (Å²) >= 11 is 5.76. The van der Waals surface area contributed by atoms with Crippen molar-refractivity contribution in [3.05, 3.63) is 65.2 Å². The molecular formula is C20H22ClN3O4S. The van der Waals surface area contributed by atoms with Gasteiger partial charge in [0.05, 0.1) is 10.8 Å². The van der Waals surface area contributed by atoms with Crippen LogP contribution in [0.15, 0.2) is 59.5 Å². The van der Waals surface area contributed by atoms with Gasteiger partial charge in [0.2, 0.25) is 21.8 Å². The predicted octanol–water partition coefficient (Wildman–Crippen LogP) is 1.78. The minimum Gasteiger partial charge on any atom is -0.354 e. The highest BCUT2D eigenvalue weighted by atomic mass is 35.5. The molecule has 1 heterocycles. The number of rotatable bonds is 8. The smallest absolute Gasteiger partial charge is 0.240 e. The van der Waals surface area contributed by atoms with Crippen molar-refractivity contribution >= 4 is 33.4 Å². The van der Waals surface area contributed by atoms with Crippen LogP contribution in [0.3, 0.4) is 0 Å². The number of amides is 2. The molecule has 0 spiro atoms. The highest BCUT2D eigenvalue weighted by molar-refractivity contribution is 7.89. The molecule has 154 valence electrons. The van der Waals surface area contributed by atoms with E-state index in [0.29, 0.717) is 18.1 Å². The first kappa shape index (κ1) is 21.3. The molecule has 0 saturated carbocycles. The van der Waals surface area contributed by atoms with Crippen LogP contribution in [0.2, 0.25) is 5.02 Å².